The smallest absolute Gasteiger partial charge is 0.227 e. The van der Waals surface area contributed by atoms with Crippen LogP contribution in [0.15, 0.2) is 70.9 Å². The van der Waals surface area contributed by atoms with E-state index in [1.807, 2.05) is 39.8 Å². The molecule has 6 rings (SSSR count). The molecule has 0 aromatic heterocycles. The first-order chi connectivity index (χ1) is 25.1. The average molecular weight is 742 g/mol. The lowest BCUT2D eigenvalue weighted by Gasteiger charge is -2.48. The van der Waals surface area contributed by atoms with Crippen molar-refractivity contribution in [1.29, 1.82) is 0 Å². The molecule has 1 saturated heterocycles. The number of anilines is 3. The molecule has 1 aliphatic carbocycles. The summed E-state index contributed by atoms with van der Waals surface area (Å²) < 4.78 is 2.36. The molecule has 0 bridgehead atoms. The zero-order valence-corrected chi connectivity index (χ0v) is 34.0. The number of rotatable bonds is 11. The fourth-order valence-corrected chi connectivity index (χ4v) is 8.72. The molecular formula is C44H58ClN4O4+. The predicted octanol–water partition coefficient (Wildman–Crippen LogP) is 10.1. The highest BCUT2D eigenvalue weighted by Crippen LogP contribution is 2.53. The molecule has 8 nitrogen and oxygen atoms in total. The van der Waals surface area contributed by atoms with Crippen LogP contribution in [0.4, 0.5) is 22.7 Å². The summed E-state index contributed by atoms with van der Waals surface area (Å²) in [6.45, 7) is 22.8. The maximum atomic E-state index is 12.7. The summed E-state index contributed by atoms with van der Waals surface area (Å²) in [6, 6.07) is 12.5. The van der Waals surface area contributed by atoms with E-state index in [2.05, 4.69) is 104 Å². The second-order valence-corrected chi connectivity index (χ2v) is 16.6. The monoisotopic (exact) mass is 741 g/mol. The standard InChI is InChI=1S/C44H57ClN4O4/c1-11-27(5)40(50)46-30-18-20-34-32(24-30)42(7,8)36(48(34)13-3)22-17-29-16-15-23-44(39(29)45)38(52-53-44)26-37-43(9,10)33-25-31(47-41(51)28(6)12-2)19-21-35(33)49(37)14-4/h17-22,24-28,38H,11-16,23H2,1-10H3,(H-,46,47,50,51)/p+1/b22-17+,37-26+. The van der Waals surface area contributed by atoms with Crippen LogP contribution >= 0.6 is 11.6 Å². The molecule has 3 heterocycles. The van der Waals surface area contributed by atoms with Gasteiger partial charge >= 0.3 is 0 Å². The number of halogens is 1. The summed E-state index contributed by atoms with van der Waals surface area (Å²) in [4.78, 5) is 39.7. The minimum Gasteiger partial charge on any atom is -0.344 e. The van der Waals surface area contributed by atoms with Crippen molar-refractivity contribution >= 4 is 51.9 Å². The molecule has 53 heavy (non-hydrogen) atoms. The number of nitrogens with zero attached hydrogens (tertiary/aromatic N) is 2. The highest BCUT2D eigenvalue weighted by molar-refractivity contribution is 6.31. The predicted molar refractivity (Wildman–Crippen MR) is 216 cm³/mol. The van der Waals surface area contributed by atoms with Gasteiger partial charge in [-0.3, -0.25) is 9.59 Å². The average Bonchev–Trinajstić information content (AvgIpc) is 3.48. The van der Waals surface area contributed by atoms with Crippen LogP contribution in [0.3, 0.4) is 0 Å². The van der Waals surface area contributed by atoms with Crippen LogP contribution in [0.5, 0.6) is 0 Å². The first kappa shape index (κ1) is 39.0. The van der Waals surface area contributed by atoms with Gasteiger partial charge in [-0.05, 0) is 107 Å². The summed E-state index contributed by atoms with van der Waals surface area (Å²) in [6.07, 6.45) is 10.4. The van der Waals surface area contributed by atoms with E-state index in [4.69, 9.17) is 21.4 Å². The van der Waals surface area contributed by atoms with Crippen LogP contribution in [0, 0.1) is 11.8 Å². The lowest BCUT2D eigenvalue weighted by molar-refractivity contribution is -0.486. The van der Waals surface area contributed by atoms with Crippen LogP contribution in [-0.4, -0.2) is 46.9 Å². The molecule has 1 fully saturated rings. The Morgan fingerprint density at radius 3 is 2.11 bits per heavy atom. The molecule has 4 unspecified atom stereocenters. The Morgan fingerprint density at radius 1 is 0.925 bits per heavy atom. The van der Waals surface area contributed by atoms with Gasteiger partial charge in [0.1, 0.15) is 6.54 Å². The number of benzene rings is 2. The Bertz CT molecular complexity index is 1920. The normalized spacial score (nSPS) is 24.8. The van der Waals surface area contributed by atoms with Crippen molar-refractivity contribution in [2.24, 2.45) is 11.8 Å². The molecular weight excluding hydrogens is 684 g/mol. The van der Waals surface area contributed by atoms with E-state index >= 15 is 0 Å². The molecule has 0 radical (unpaired) electrons. The first-order valence-electron chi connectivity index (χ1n) is 19.6. The van der Waals surface area contributed by atoms with Crippen molar-refractivity contribution < 1.29 is 23.9 Å². The molecule has 2 aromatic rings. The van der Waals surface area contributed by atoms with Crippen LogP contribution in [-0.2, 0) is 30.2 Å². The van der Waals surface area contributed by atoms with E-state index in [-0.39, 0.29) is 40.6 Å². The fraction of sp³-hybridized carbons (Fsp3) is 0.523. The largest absolute Gasteiger partial charge is 0.344 e. The lowest BCUT2D eigenvalue weighted by atomic mass is 9.77. The molecule has 2 N–H and O–H groups in total. The van der Waals surface area contributed by atoms with Crippen molar-refractivity contribution in [1.82, 2.24) is 0 Å². The van der Waals surface area contributed by atoms with Crippen LogP contribution in [0.1, 0.15) is 112 Å². The van der Waals surface area contributed by atoms with Crippen molar-refractivity contribution in [3.63, 3.8) is 0 Å². The number of amides is 2. The third kappa shape index (κ3) is 6.70. The number of nitrogens with one attached hydrogen (secondary N) is 2. The van der Waals surface area contributed by atoms with E-state index in [1.165, 1.54) is 16.8 Å². The molecule has 284 valence electrons. The number of hydrogen-bond donors (Lipinski definition) is 2. The zero-order valence-electron chi connectivity index (χ0n) is 33.3. The van der Waals surface area contributed by atoms with Crippen LogP contribution < -0.4 is 15.5 Å². The van der Waals surface area contributed by atoms with E-state index in [9.17, 15) is 9.59 Å². The lowest BCUT2D eigenvalue weighted by Crippen LogP contribution is -2.57. The Morgan fingerprint density at radius 2 is 1.55 bits per heavy atom. The molecule has 1 spiro atoms. The topological polar surface area (TPSA) is 82.9 Å². The Kier molecular flexibility index (Phi) is 10.9. The Balaban J connectivity index is 1.28. The molecule has 9 heteroatoms. The van der Waals surface area contributed by atoms with E-state index in [0.717, 1.165) is 79.2 Å². The number of fused-ring (bicyclic) bond motifs is 2. The molecule has 2 aromatic carbocycles. The van der Waals surface area contributed by atoms with Gasteiger partial charge in [0.15, 0.2) is 17.4 Å². The Hall–Kier alpha value is -3.72. The summed E-state index contributed by atoms with van der Waals surface area (Å²) in [5, 5.41) is 6.94. The van der Waals surface area contributed by atoms with Gasteiger partial charge < -0.3 is 15.5 Å². The summed E-state index contributed by atoms with van der Waals surface area (Å²) in [7, 11) is 0. The number of likely N-dealkylation sites (N-methyl/N-ethyl adjacent to an activating group) is 1. The van der Waals surface area contributed by atoms with Gasteiger partial charge in [0.25, 0.3) is 0 Å². The minimum absolute atomic E-state index is 0.0374. The fourth-order valence-electron chi connectivity index (χ4n) is 8.33. The van der Waals surface area contributed by atoms with Gasteiger partial charge in [-0.1, -0.05) is 59.2 Å². The van der Waals surface area contributed by atoms with Crippen LogP contribution in [0.2, 0.25) is 0 Å². The molecule has 4 atom stereocenters. The molecule has 4 aliphatic rings. The Labute approximate surface area is 321 Å². The molecule has 0 saturated carbocycles. The maximum absolute atomic E-state index is 12.7. The van der Waals surface area contributed by atoms with Crippen LogP contribution in [0.25, 0.3) is 0 Å². The third-order valence-corrected chi connectivity index (χ3v) is 12.8. The van der Waals surface area contributed by atoms with E-state index in [0.29, 0.717) is 5.03 Å². The highest BCUT2D eigenvalue weighted by Gasteiger charge is 2.56. The van der Waals surface area contributed by atoms with Crippen molar-refractivity contribution in [3.8, 4) is 0 Å². The maximum Gasteiger partial charge on any atom is 0.227 e. The van der Waals surface area contributed by atoms with E-state index < -0.39 is 5.60 Å². The quantitative estimate of drug-likeness (QED) is 0.177. The summed E-state index contributed by atoms with van der Waals surface area (Å²) in [5.74, 6) is -0.00766. The second-order valence-electron chi connectivity index (χ2n) is 16.3. The zero-order chi connectivity index (χ0) is 38.5. The van der Waals surface area contributed by atoms with Gasteiger partial charge in [-0.15, -0.1) is 0 Å². The van der Waals surface area contributed by atoms with Gasteiger partial charge in [-0.2, -0.15) is 4.58 Å². The summed E-state index contributed by atoms with van der Waals surface area (Å²) >= 11 is 7.36. The summed E-state index contributed by atoms with van der Waals surface area (Å²) in [5.41, 5.74) is 8.30. The highest BCUT2D eigenvalue weighted by atomic mass is 35.5. The first-order valence-corrected chi connectivity index (χ1v) is 20.0. The van der Waals surface area contributed by atoms with Gasteiger partial charge in [0.05, 0.1) is 10.4 Å². The SMILES string of the molecule is CCC(C)C(=O)Nc1ccc2c(c1)C(C)(C)C(/C=C/C1=C(Cl)C3(CCC1)OOC3/C=C1/N(CC)c3ccc(NC(=O)C(C)CC)cc3C1(C)C)=[N+]2CC. The number of hydrogen-bond acceptors (Lipinski definition) is 5. The minimum atomic E-state index is -0.752. The molecule has 2 amide bonds. The molecule has 3 aliphatic heterocycles. The van der Waals surface area contributed by atoms with Gasteiger partial charge in [0, 0.05) is 64.3 Å². The number of allylic oxidation sites excluding steroid dienone is 4. The number of carbonyl (C=O) groups excluding carboxylic acids is 2. The second kappa shape index (κ2) is 14.8. The third-order valence-electron chi connectivity index (χ3n) is 12.2. The van der Waals surface area contributed by atoms with Crippen molar-refractivity contribution in [2.45, 2.75) is 124 Å². The van der Waals surface area contributed by atoms with Gasteiger partial charge in [-0.25, -0.2) is 9.78 Å². The van der Waals surface area contributed by atoms with Gasteiger partial charge in [0.2, 0.25) is 17.5 Å². The van der Waals surface area contributed by atoms with Crippen molar-refractivity contribution in [2.75, 3.05) is 28.6 Å². The van der Waals surface area contributed by atoms with Crippen molar-refractivity contribution in [3.05, 3.63) is 82.1 Å². The van der Waals surface area contributed by atoms with E-state index in [1.54, 1.807) is 0 Å². The number of carbonyl (C=O) groups is 2.